The Kier molecular flexibility index (Phi) is 7.01. The van der Waals surface area contributed by atoms with Crippen LogP contribution < -0.4 is 10.3 Å². The highest BCUT2D eigenvalue weighted by atomic mass is 79.9. The average Bonchev–Trinajstić information content (AvgIpc) is 3.28. The average molecular weight is 630 g/mol. The zero-order chi connectivity index (χ0) is 25.4. The van der Waals surface area contributed by atoms with E-state index in [9.17, 15) is 4.79 Å². The normalized spacial score (nSPS) is 12.6. The summed E-state index contributed by atoms with van der Waals surface area (Å²) in [6.45, 7) is 4.03. The number of halogens is 3. The van der Waals surface area contributed by atoms with Gasteiger partial charge in [-0.15, -0.1) is 0 Å². The molecule has 6 nitrogen and oxygen atoms in total. The maximum atomic E-state index is 13.5. The van der Waals surface area contributed by atoms with Gasteiger partial charge >= 0.3 is 0 Å². The molecule has 0 aliphatic heterocycles. The third kappa shape index (κ3) is 4.85. The van der Waals surface area contributed by atoms with Crippen molar-refractivity contribution < 1.29 is 9.15 Å². The fraction of sp³-hybridized carbons (Fsp3) is 0.148. The van der Waals surface area contributed by atoms with E-state index < -0.39 is 0 Å². The van der Waals surface area contributed by atoms with Gasteiger partial charge in [-0.1, -0.05) is 46.6 Å². The second kappa shape index (κ2) is 10.2. The van der Waals surface area contributed by atoms with E-state index in [1.807, 2.05) is 44.2 Å². The van der Waals surface area contributed by atoms with Crippen LogP contribution >= 0.6 is 43.5 Å². The molecule has 0 N–H and O–H groups in total. The Morgan fingerprint density at radius 1 is 1.17 bits per heavy atom. The maximum absolute atomic E-state index is 13.5. The Morgan fingerprint density at radius 2 is 1.97 bits per heavy atom. The Bertz CT molecular complexity index is 1690. The smallest absolute Gasteiger partial charge is 0.282 e. The van der Waals surface area contributed by atoms with Gasteiger partial charge in [-0.25, -0.2) is 4.98 Å². The van der Waals surface area contributed by atoms with E-state index in [0.29, 0.717) is 43.1 Å². The lowest BCUT2D eigenvalue weighted by atomic mass is 10.2. The predicted octanol–water partition coefficient (Wildman–Crippen LogP) is 8.05. The van der Waals surface area contributed by atoms with Crippen molar-refractivity contribution in [1.29, 1.82) is 0 Å². The third-order valence-corrected chi connectivity index (χ3v) is 7.00. The molecular formula is C27H20Br2ClN3O3. The number of ether oxygens (including phenoxy) is 1. The Hall–Kier alpha value is -2.94. The number of furan rings is 1. The predicted molar refractivity (Wildman–Crippen MR) is 151 cm³/mol. The van der Waals surface area contributed by atoms with Gasteiger partial charge in [0.1, 0.15) is 11.3 Å². The lowest BCUT2D eigenvalue weighted by Gasteiger charge is -2.16. The molecule has 0 aliphatic rings. The zero-order valence-corrected chi connectivity index (χ0v) is 23.3. The highest BCUT2D eigenvalue weighted by molar-refractivity contribution is 9.10. The molecule has 36 heavy (non-hydrogen) atoms. The minimum absolute atomic E-state index is 0.0230. The van der Waals surface area contributed by atoms with Crippen molar-refractivity contribution in [2.24, 2.45) is 5.10 Å². The van der Waals surface area contributed by atoms with Crippen LogP contribution in [0.1, 0.15) is 25.8 Å². The van der Waals surface area contributed by atoms with Crippen LogP contribution in [0.25, 0.3) is 33.5 Å². The zero-order valence-electron chi connectivity index (χ0n) is 19.3. The summed E-state index contributed by atoms with van der Waals surface area (Å²) in [5.74, 6) is 1.30. The lowest BCUT2D eigenvalue weighted by molar-refractivity contribution is 0.215. The monoisotopic (exact) mass is 627 g/mol. The fourth-order valence-corrected chi connectivity index (χ4v) is 5.03. The fourth-order valence-electron chi connectivity index (χ4n) is 3.72. The third-order valence-electron chi connectivity index (χ3n) is 5.70. The highest BCUT2D eigenvalue weighted by Crippen LogP contribution is 2.33. The largest absolute Gasteiger partial charge is 0.489 e. The number of hydrogen-bond donors (Lipinski definition) is 0. The molecular weight excluding hydrogens is 610 g/mol. The molecule has 0 spiro atoms. The van der Waals surface area contributed by atoms with Crippen LogP contribution in [0.5, 0.6) is 5.75 Å². The van der Waals surface area contributed by atoms with E-state index in [2.05, 4.69) is 37.0 Å². The van der Waals surface area contributed by atoms with E-state index in [4.69, 9.17) is 25.7 Å². The molecule has 2 heterocycles. The molecule has 3 aromatic carbocycles. The van der Waals surface area contributed by atoms with Crippen LogP contribution in [0.3, 0.4) is 0 Å². The summed E-state index contributed by atoms with van der Waals surface area (Å²) in [4.78, 5) is 18.3. The van der Waals surface area contributed by atoms with E-state index >= 15 is 0 Å². The van der Waals surface area contributed by atoms with Gasteiger partial charge in [0.05, 0.1) is 27.7 Å². The first kappa shape index (κ1) is 24.7. The Labute approximate surface area is 228 Å². The SMILES string of the molecule is CC[C@H](C)Oc1c(Br)cc(Cl)cc1C=Nn1c(-c2cc3cc(Br)ccc3o2)nc2ccccc2c1=O. The summed E-state index contributed by atoms with van der Waals surface area (Å²) in [6, 6.07) is 18.2. The van der Waals surface area contributed by atoms with E-state index in [1.54, 1.807) is 36.5 Å². The molecule has 0 amide bonds. The molecule has 0 saturated heterocycles. The first-order valence-electron chi connectivity index (χ1n) is 11.3. The minimum Gasteiger partial charge on any atom is -0.489 e. The van der Waals surface area contributed by atoms with Crippen LogP contribution in [0.2, 0.25) is 5.02 Å². The van der Waals surface area contributed by atoms with Crippen LogP contribution in [0.4, 0.5) is 0 Å². The first-order valence-corrected chi connectivity index (χ1v) is 13.2. The van der Waals surface area contributed by atoms with E-state index in [0.717, 1.165) is 16.3 Å². The van der Waals surface area contributed by atoms with Crippen molar-refractivity contribution >= 4 is 71.5 Å². The summed E-state index contributed by atoms with van der Waals surface area (Å²) in [6.07, 6.45) is 2.35. The van der Waals surface area contributed by atoms with Crippen molar-refractivity contribution in [2.75, 3.05) is 0 Å². The number of fused-ring (bicyclic) bond motifs is 2. The van der Waals surface area contributed by atoms with E-state index in [1.165, 1.54) is 4.68 Å². The molecule has 5 aromatic rings. The van der Waals surface area contributed by atoms with Crippen LogP contribution in [-0.4, -0.2) is 22.0 Å². The van der Waals surface area contributed by atoms with Crippen molar-refractivity contribution in [1.82, 2.24) is 9.66 Å². The molecule has 0 bridgehead atoms. The molecule has 9 heteroatoms. The second-order valence-electron chi connectivity index (χ2n) is 8.25. The first-order chi connectivity index (χ1) is 17.3. The number of para-hydroxylation sites is 1. The number of nitrogens with zero attached hydrogens (tertiary/aromatic N) is 3. The van der Waals surface area contributed by atoms with Gasteiger partial charge in [-0.2, -0.15) is 9.78 Å². The molecule has 0 fully saturated rings. The summed E-state index contributed by atoms with van der Waals surface area (Å²) in [5.41, 5.74) is 1.53. The molecule has 0 aliphatic carbocycles. The standard InChI is InChI=1S/C27H20Br2ClN3O3/c1-3-15(2)35-25-17(11-19(30)13-21(25)29)14-31-33-26(32-22-7-5-4-6-20(22)27(33)34)24-12-16-10-18(28)8-9-23(16)36-24/h4-15H,3H2,1-2H3/t15-/m0/s1. The summed E-state index contributed by atoms with van der Waals surface area (Å²) >= 11 is 13.3. The Balaban J connectivity index is 1.71. The van der Waals surface area contributed by atoms with Crippen LogP contribution in [0.15, 0.2) is 83.9 Å². The molecule has 182 valence electrons. The number of aromatic nitrogens is 2. The van der Waals surface area contributed by atoms with E-state index in [-0.39, 0.29) is 17.5 Å². The molecule has 0 radical (unpaired) electrons. The van der Waals surface area contributed by atoms with Gasteiger partial charge in [-0.3, -0.25) is 4.79 Å². The second-order valence-corrected chi connectivity index (χ2v) is 10.5. The Morgan fingerprint density at radius 3 is 2.78 bits per heavy atom. The number of hydrogen-bond acceptors (Lipinski definition) is 5. The van der Waals surface area contributed by atoms with Gasteiger partial charge in [-0.05, 0) is 77.8 Å². The molecule has 5 rings (SSSR count). The lowest BCUT2D eigenvalue weighted by Crippen LogP contribution is -2.20. The number of rotatable bonds is 6. The summed E-state index contributed by atoms with van der Waals surface area (Å²) in [5, 5.41) is 6.38. The van der Waals surface area contributed by atoms with Gasteiger partial charge in [0.2, 0.25) is 5.82 Å². The van der Waals surface area contributed by atoms with Crippen molar-refractivity contribution in [3.8, 4) is 17.3 Å². The van der Waals surface area contributed by atoms with Crippen molar-refractivity contribution in [2.45, 2.75) is 26.4 Å². The van der Waals surface area contributed by atoms with Gasteiger partial charge in [0.25, 0.3) is 5.56 Å². The van der Waals surface area contributed by atoms with Gasteiger partial charge in [0.15, 0.2) is 5.76 Å². The maximum Gasteiger partial charge on any atom is 0.282 e. The van der Waals surface area contributed by atoms with Gasteiger partial charge < -0.3 is 9.15 Å². The van der Waals surface area contributed by atoms with Crippen molar-refractivity contribution in [3.63, 3.8) is 0 Å². The summed E-state index contributed by atoms with van der Waals surface area (Å²) < 4.78 is 15.0. The van der Waals surface area contributed by atoms with Crippen molar-refractivity contribution in [3.05, 3.63) is 90.5 Å². The van der Waals surface area contributed by atoms with Gasteiger partial charge in [0, 0.05) is 20.4 Å². The topological polar surface area (TPSA) is 69.6 Å². The summed E-state index contributed by atoms with van der Waals surface area (Å²) in [7, 11) is 0. The molecule has 1 atom stereocenters. The minimum atomic E-state index is -0.320. The number of benzene rings is 3. The molecule has 0 saturated carbocycles. The quantitative estimate of drug-likeness (QED) is 0.178. The van der Waals surface area contributed by atoms with Crippen LogP contribution in [-0.2, 0) is 0 Å². The molecule has 2 aromatic heterocycles. The highest BCUT2D eigenvalue weighted by Gasteiger charge is 2.17. The molecule has 0 unspecified atom stereocenters. The van der Waals surface area contributed by atoms with Crippen LogP contribution in [0, 0.1) is 0 Å².